The van der Waals surface area contributed by atoms with E-state index in [9.17, 15) is 28.8 Å². The third-order valence-electron chi connectivity index (χ3n) is 23.1. The third-order valence-corrected chi connectivity index (χ3v) is 23.1. The number of carbonyl (C=O) groups is 8. The predicted molar refractivity (Wildman–Crippen MR) is 404 cm³/mol. The van der Waals surface area contributed by atoms with Gasteiger partial charge in [-0.15, -0.1) is 0 Å². The van der Waals surface area contributed by atoms with Gasteiger partial charge in [-0.1, -0.05) is 159 Å². The number of benzene rings is 10. The highest BCUT2D eigenvalue weighted by Gasteiger charge is 2.47. The van der Waals surface area contributed by atoms with Crippen molar-refractivity contribution in [2.24, 2.45) is 47.3 Å². The monoisotopic (exact) mass is 1350 g/mol. The van der Waals surface area contributed by atoms with E-state index in [2.05, 4.69) is 0 Å². The molecule has 0 saturated carbocycles. The summed E-state index contributed by atoms with van der Waals surface area (Å²) in [5.74, 6) is -2.60. The summed E-state index contributed by atoms with van der Waals surface area (Å²) < 4.78 is 0. The van der Waals surface area contributed by atoms with Crippen molar-refractivity contribution in [2.75, 3.05) is 0 Å². The van der Waals surface area contributed by atoms with E-state index in [1.807, 2.05) is 232 Å². The highest BCUT2D eigenvalue weighted by Crippen LogP contribution is 2.52. The summed E-state index contributed by atoms with van der Waals surface area (Å²) in [6.07, 6.45) is 4.33. The molecule has 0 unspecified atom stereocenters. The molecule has 0 aliphatic carbocycles. The van der Waals surface area contributed by atoms with Gasteiger partial charge in [-0.3, -0.25) is 67.9 Å². The quantitative estimate of drug-likeness (QED) is 0.0484. The molecular weight excluding hydrogens is 1270 g/mol. The van der Waals surface area contributed by atoms with Crippen LogP contribution in [0.4, 0.5) is 0 Å². The van der Waals surface area contributed by atoms with Crippen molar-refractivity contribution in [3.63, 3.8) is 0 Å². The molecule has 0 spiro atoms. The standard InChI is InChI=1S/C88H84N6O8/c1-39(2)77(40(3)4)91-81(95)57-25-19-51-53-21-27-61-73-63(87(101)93(85(61)99)79(43(9)10)44(11)12)35-49(67(75(53)73)55-23-29-59(83(91)97)71(57)69(51)55)33-47-17-31-65(89-37-47)66-32-18-48(38-90-66)34-50-36-64-74-62(86(100)94(88(64)102)80(45(13)14)46(15)16)28-22-54-52-20-26-58-72-60(30-24-56(70(52)72)68(50)76(54)74)84(98)92(82(58)96)78(41(5)6)42(7)8/h17-32,35-46,77-80H,33-34H2,1-16H3. The Morgan fingerprint density at radius 3 is 0.706 bits per heavy atom. The molecule has 14 nitrogen and oxygen atoms in total. The lowest BCUT2D eigenvalue weighted by Crippen LogP contribution is -2.51. The molecule has 8 amide bonds. The number of nitrogens with zero attached hydrogens (tertiary/aromatic N) is 6. The largest absolute Gasteiger partial charge is 0.271 e. The Morgan fingerprint density at radius 1 is 0.245 bits per heavy atom. The molecule has 102 heavy (non-hydrogen) atoms. The van der Waals surface area contributed by atoms with Gasteiger partial charge in [0.15, 0.2) is 0 Å². The SMILES string of the molecule is CC(C)C(C(C)C)N1C(=O)c2ccc3c4ccc5c6c(cc(Cc7ccc(-c8ccc(Cc9cc%10c%11c(ccc%12c%13ccc%14c%15c(ccc(c9c%11%12)c%15%13)C(=O)N(C(C(C)C)C(C)C)C%14=O)C(=O)N(C(C(C)C)C(C)C)C%10=O)cn8)nc7)c(c7ccc(c2c37)C1=O)c64)C(=O)N(C(C(C)C)C(C)C)C5=O. The van der Waals surface area contributed by atoms with Crippen molar-refractivity contribution in [1.82, 2.24) is 29.6 Å². The molecule has 0 fully saturated rings. The first-order chi connectivity index (χ1) is 48.6. The first-order valence-electron chi connectivity index (χ1n) is 36.5. The van der Waals surface area contributed by atoms with Crippen LogP contribution in [0.1, 0.15) is 216 Å². The van der Waals surface area contributed by atoms with Crippen LogP contribution in [0, 0.1) is 47.3 Å². The maximum absolute atomic E-state index is 15.3. The van der Waals surface area contributed by atoms with Gasteiger partial charge >= 0.3 is 0 Å². The number of amides is 8. The fourth-order valence-corrected chi connectivity index (χ4v) is 19.6. The van der Waals surface area contributed by atoms with E-state index >= 15 is 9.59 Å². The topological polar surface area (TPSA) is 175 Å². The number of hydrogen-bond donors (Lipinski definition) is 0. The van der Waals surface area contributed by atoms with Crippen LogP contribution in [-0.2, 0) is 12.8 Å². The zero-order valence-corrected chi connectivity index (χ0v) is 60.8. The number of imide groups is 4. The van der Waals surface area contributed by atoms with Gasteiger partial charge in [-0.05, 0) is 208 Å². The van der Waals surface area contributed by atoms with Crippen molar-refractivity contribution in [3.8, 4) is 11.4 Å². The molecule has 10 aromatic carbocycles. The van der Waals surface area contributed by atoms with Crippen LogP contribution in [-0.4, -0.2) is 101 Å². The summed E-state index contributed by atoms with van der Waals surface area (Å²) >= 11 is 0. The van der Waals surface area contributed by atoms with E-state index in [0.29, 0.717) is 90.3 Å². The normalized spacial score (nSPS) is 15.3. The second kappa shape index (κ2) is 23.6. The predicted octanol–water partition coefficient (Wildman–Crippen LogP) is 18.5. The summed E-state index contributed by atoms with van der Waals surface area (Å²) in [6.45, 7) is 32.7. The fourth-order valence-electron chi connectivity index (χ4n) is 19.6. The van der Waals surface area contributed by atoms with Crippen molar-refractivity contribution >= 4 is 133 Å². The van der Waals surface area contributed by atoms with Crippen LogP contribution in [0.15, 0.2) is 122 Å². The summed E-state index contributed by atoms with van der Waals surface area (Å²) in [4.78, 5) is 136. The minimum absolute atomic E-state index is 0.0162. The summed E-state index contributed by atoms with van der Waals surface area (Å²) in [5, 5.41) is 12.1. The minimum Gasteiger partial charge on any atom is -0.271 e. The molecule has 0 atom stereocenters. The summed E-state index contributed by atoms with van der Waals surface area (Å²) in [6, 6.07) is 33.4. The average Bonchev–Trinajstić information content (AvgIpc) is 0.689. The van der Waals surface area contributed by atoms with E-state index in [-0.39, 0.29) is 119 Å². The molecule has 16 rings (SSSR count). The molecular formula is C88H84N6O8. The molecule has 514 valence electrons. The van der Waals surface area contributed by atoms with Gasteiger partial charge in [-0.25, -0.2) is 0 Å². The number of fused-ring (bicyclic) bond motifs is 4. The zero-order chi connectivity index (χ0) is 72.1. The number of aromatic nitrogens is 2. The molecule has 0 N–H and O–H groups in total. The Labute approximate surface area is 593 Å². The van der Waals surface area contributed by atoms with Crippen LogP contribution in [0.25, 0.3) is 97.6 Å². The van der Waals surface area contributed by atoms with E-state index in [1.54, 1.807) is 0 Å². The van der Waals surface area contributed by atoms with Gasteiger partial charge in [0.2, 0.25) is 0 Å². The van der Waals surface area contributed by atoms with Crippen molar-refractivity contribution in [2.45, 2.75) is 148 Å². The summed E-state index contributed by atoms with van der Waals surface area (Å²) in [5.41, 5.74) is 8.25. The van der Waals surface area contributed by atoms with E-state index in [0.717, 1.165) is 86.9 Å². The van der Waals surface area contributed by atoms with Crippen LogP contribution in [0.2, 0.25) is 0 Å². The maximum atomic E-state index is 15.3. The Kier molecular flexibility index (Phi) is 15.3. The Morgan fingerprint density at radius 2 is 0.471 bits per heavy atom. The molecule has 14 heteroatoms. The number of pyridine rings is 2. The number of carbonyl (C=O) groups excluding carboxylic acids is 8. The van der Waals surface area contributed by atoms with Crippen LogP contribution < -0.4 is 0 Å². The van der Waals surface area contributed by atoms with Gasteiger partial charge in [-0.2, -0.15) is 0 Å². The molecule has 0 saturated heterocycles. The number of rotatable bonds is 17. The Hall–Kier alpha value is -10.3. The second-order valence-electron chi connectivity index (χ2n) is 32.2. The lowest BCUT2D eigenvalue weighted by molar-refractivity contribution is 0.0423. The van der Waals surface area contributed by atoms with E-state index < -0.39 is 0 Å². The smallest absolute Gasteiger partial charge is 0.261 e. The lowest BCUT2D eigenvalue weighted by Gasteiger charge is -2.39. The molecule has 4 aliphatic heterocycles. The second-order valence-corrected chi connectivity index (χ2v) is 32.2. The molecule has 2 aromatic heterocycles. The van der Waals surface area contributed by atoms with Gasteiger partial charge in [0.1, 0.15) is 0 Å². The average molecular weight is 1350 g/mol. The van der Waals surface area contributed by atoms with Gasteiger partial charge in [0.05, 0.1) is 11.4 Å². The first kappa shape index (κ1) is 66.2. The molecule has 0 radical (unpaired) electrons. The van der Waals surface area contributed by atoms with Crippen LogP contribution in [0.5, 0.6) is 0 Å². The highest BCUT2D eigenvalue weighted by molar-refractivity contribution is 6.44. The molecule has 6 heterocycles. The van der Waals surface area contributed by atoms with Crippen molar-refractivity contribution < 1.29 is 38.4 Å². The van der Waals surface area contributed by atoms with Gasteiger partial charge in [0, 0.05) is 103 Å². The van der Waals surface area contributed by atoms with Crippen molar-refractivity contribution in [3.05, 3.63) is 188 Å². The van der Waals surface area contributed by atoms with Crippen molar-refractivity contribution in [1.29, 1.82) is 0 Å². The van der Waals surface area contributed by atoms with Crippen LogP contribution in [0.3, 0.4) is 0 Å². The Bertz CT molecular complexity index is 5290. The van der Waals surface area contributed by atoms with Gasteiger partial charge in [0.25, 0.3) is 47.3 Å². The zero-order valence-electron chi connectivity index (χ0n) is 60.8. The first-order valence-corrected chi connectivity index (χ1v) is 36.5. The molecule has 12 aromatic rings. The molecule has 0 bridgehead atoms. The minimum atomic E-state index is -0.365. The van der Waals surface area contributed by atoms with Gasteiger partial charge < -0.3 is 0 Å². The summed E-state index contributed by atoms with van der Waals surface area (Å²) in [7, 11) is 0. The lowest BCUT2D eigenvalue weighted by atomic mass is 9.79. The van der Waals surface area contributed by atoms with Crippen LogP contribution >= 0.6 is 0 Å². The maximum Gasteiger partial charge on any atom is 0.261 e. The number of hydrogen-bond acceptors (Lipinski definition) is 10. The van der Waals surface area contributed by atoms with E-state index in [1.165, 1.54) is 19.6 Å². The molecule has 4 aliphatic rings. The van der Waals surface area contributed by atoms with E-state index in [4.69, 9.17) is 9.97 Å². The fraction of sp³-hybridized carbons (Fsp3) is 0.341. The Balaban J connectivity index is 0.808. The highest BCUT2D eigenvalue weighted by atomic mass is 16.2. The third kappa shape index (κ3) is 9.27.